The number of sulfonamides is 1. The summed E-state index contributed by atoms with van der Waals surface area (Å²) in [6.45, 7) is 6.59. The van der Waals surface area contributed by atoms with E-state index in [0.717, 1.165) is 32.6 Å². The summed E-state index contributed by atoms with van der Waals surface area (Å²) < 4.78 is 27.2. The van der Waals surface area contributed by atoms with Gasteiger partial charge in [-0.05, 0) is 43.7 Å². The summed E-state index contributed by atoms with van der Waals surface area (Å²) in [5.74, 6) is 0. The van der Waals surface area contributed by atoms with Crippen molar-refractivity contribution >= 4 is 34.0 Å². The van der Waals surface area contributed by atoms with Crippen molar-refractivity contribution in [3.05, 3.63) is 28.8 Å². The van der Waals surface area contributed by atoms with Crippen molar-refractivity contribution in [2.24, 2.45) is 0 Å². The van der Waals surface area contributed by atoms with Gasteiger partial charge in [-0.15, -0.1) is 12.4 Å². The van der Waals surface area contributed by atoms with Crippen LogP contribution in [0.5, 0.6) is 0 Å². The Balaban J connectivity index is 0.00000192. The molecule has 1 aromatic rings. The number of aryl methyl sites for hydroxylation is 1. The molecule has 1 unspecified atom stereocenters. The zero-order valence-corrected chi connectivity index (χ0v) is 15.6. The molecule has 3 rings (SSSR count). The van der Waals surface area contributed by atoms with E-state index in [2.05, 4.69) is 10.2 Å². The van der Waals surface area contributed by atoms with Gasteiger partial charge < -0.3 is 5.32 Å². The number of nitrogens with zero attached hydrogens (tertiary/aromatic N) is 2. The molecular weight excluding hydrogens is 357 g/mol. The smallest absolute Gasteiger partial charge is 0.243 e. The Bertz CT molecular complexity index is 640. The van der Waals surface area contributed by atoms with Crippen LogP contribution in [-0.2, 0) is 10.0 Å². The predicted molar refractivity (Wildman–Crippen MR) is 95.0 cm³/mol. The largest absolute Gasteiger partial charge is 0.315 e. The van der Waals surface area contributed by atoms with E-state index in [1.807, 2.05) is 0 Å². The van der Waals surface area contributed by atoms with Crippen LogP contribution in [0.2, 0.25) is 5.02 Å². The first-order valence-electron chi connectivity index (χ1n) is 7.69. The van der Waals surface area contributed by atoms with E-state index in [4.69, 9.17) is 11.6 Å². The topological polar surface area (TPSA) is 52.7 Å². The van der Waals surface area contributed by atoms with Crippen LogP contribution in [0.3, 0.4) is 0 Å². The Hall–Kier alpha value is -0.370. The molecule has 2 aliphatic rings. The van der Waals surface area contributed by atoms with Crippen molar-refractivity contribution in [1.82, 2.24) is 14.5 Å². The van der Waals surface area contributed by atoms with E-state index in [1.165, 1.54) is 0 Å². The first-order chi connectivity index (χ1) is 10.5. The maximum absolute atomic E-state index is 12.8. The Morgan fingerprint density at radius 3 is 2.48 bits per heavy atom. The molecule has 1 aromatic carbocycles. The van der Waals surface area contributed by atoms with Gasteiger partial charge in [-0.1, -0.05) is 11.6 Å². The van der Waals surface area contributed by atoms with E-state index in [9.17, 15) is 8.42 Å². The number of halogens is 2. The second kappa shape index (κ2) is 7.68. The average molecular weight is 380 g/mol. The number of nitrogens with one attached hydrogen (secondary N) is 1. The lowest BCUT2D eigenvalue weighted by atomic mass is 10.2. The number of rotatable bonds is 3. The highest BCUT2D eigenvalue weighted by Crippen LogP contribution is 2.24. The minimum atomic E-state index is -3.42. The highest BCUT2D eigenvalue weighted by molar-refractivity contribution is 7.89. The Kier molecular flexibility index (Phi) is 6.33. The van der Waals surface area contributed by atoms with Gasteiger partial charge in [0.1, 0.15) is 0 Å². The molecular formula is C15H23Cl2N3O2S. The molecule has 0 amide bonds. The second-order valence-corrected chi connectivity index (χ2v) is 8.34. The van der Waals surface area contributed by atoms with Gasteiger partial charge in [-0.25, -0.2) is 8.42 Å². The molecule has 0 bridgehead atoms. The predicted octanol–water partition coefficient (Wildman–Crippen LogP) is 1.74. The maximum Gasteiger partial charge on any atom is 0.243 e. The van der Waals surface area contributed by atoms with Crippen molar-refractivity contribution in [1.29, 1.82) is 0 Å². The van der Waals surface area contributed by atoms with Crippen molar-refractivity contribution in [2.75, 3.05) is 39.3 Å². The molecule has 5 nitrogen and oxygen atoms in total. The average Bonchev–Trinajstić information content (AvgIpc) is 3.01. The molecule has 23 heavy (non-hydrogen) atoms. The van der Waals surface area contributed by atoms with Gasteiger partial charge in [0, 0.05) is 43.8 Å². The molecule has 0 radical (unpaired) electrons. The van der Waals surface area contributed by atoms with Crippen LogP contribution in [0.25, 0.3) is 0 Å². The summed E-state index contributed by atoms with van der Waals surface area (Å²) >= 11 is 5.92. The number of benzene rings is 1. The molecule has 2 saturated heterocycles. The summed E-state index contributed by atoms with van der Waals surface area (Å²) in [6, 6.07) is 5.51. The van der Waals surface area contributed by atoms with Crippen LogP contribution in [0.1, 0.15) is 12.0 Å². The normalized spacial score (nSPS) is 23.7. The van der Waals surface area contributed by atoms with Gasteiger partial charge in [0.25, 0.3) is 0 Å². The van der Waals surface area contributed by atoms with Crippen molar-refractivity contribution < 1.29 is 8.42 Å². The third-order valence-corrected chi connectivity index (χ3v) is 6.87. The van der Waals surface area contributed by atoms with Gasteiger partial charge in [-0.2, -0.15) is 4.31 Å². The lowest BCUT2D eigenvalue weighted by molar-refractivity contribution is 0.145. The monoisotopic (exact) mass is 379 g/mol. The SMILES string of the molecule is Cc1cc(Cl)ccc1S(=O)(=O)N1CCN(C2CCNC2)CC1.Cl. The van der Waals surface area contributed by atoms with Gasteiger partial charge >= 0.3 is 0 Å². The number of hydrogen-bond donors (Lipinski definition) is 1. The highest BCUT2D eigenvalue weighted by Gasteiger charge is 2.32. The molecule has 0 spiro atoms. The zero-order valence-electron chi connectivity index (χ0n) is 13.2. The fraction of sp³-hybridized carbons (Fsp3) is 0.600. The molecule has 0 aliphatic carbocycles. The fourth-order valence-corrected chi connectivity index (χ4v) is 5.16. The van der Waals surface area contributed by atoms with Crippen LogP contribution in [0.15, 0.2) is 23.1 Å². The lowest BCUT2D eigenvalue weighted by Gasteiger charge is -2.37. The molecule has 2 aliphatic heterocycles. The lowest BCUT2D eigenvalue weighted by Crippen LogP contribution is -2.52. The summed E-state index contributed by atoms with van der Waals surface area (Å²) in [6.07, 6.45) is 1.16. The van der Waals surface area contributed by atoms with E-state index in [0.29, 0.717) is 34.6 Å². The first-order valence-corrected chi connectivity index (χ1v) is 9.51. The fourth-order valence-electron chi connectivity index (χ4n) is 3.30. The van der Waals surface area contributed by atoms with Crippen LogP contribution in [0, 0.1) is 6.92 Å². The van der Waals surface area contributed by atoms with E-state index in [-0.39, 0.29) is 12.4 Å². The summed E-state index contributed by atoms with van der Waals surface area (Å²) in [7, 11) is -3.42. The van der Waals surface area contributed by atoms with Gasteiger partial charge in [0.15, 0.2) is 0 Å². The third-order valence-electron chi connectivity index (χ3n) is 4.58. The minimum absolute atomic E-state index is 0. The molecule has 2 fully saturated rings. The van der Waals surface area contributed by atoms with E-state index < -0.39 is 10.0 Å². The van der Waals surface area contributed by atoms with Crippen molar-refractivity contribution in [3.8, 4) is 0 Å². The first kappa shape index (κ1) is 19.0. The molecule has 1 N–H and O–H groups in total. The molecule has 0 saturated carbocycles. The van der Waals surface area contributed by atoms with E-state index in [1.54, 1.807) is 29.4 Å². The molecule has 130 valence electrons. The van der Waals surface area contributed by atoms with Crippen LogP contribution < -0.4 is 5.32 Å². The zero-order chi connectivity index (χ0) is 15.7. The van der Waals surface area contributed by atoms with Crippen LogP contribution in [0.4, 0.5) is 0 Å². The van der Waals surface area contributed by atoms with Crippen LogP contribution in [-0.4, -0.2) is 62.9 Å². The molecule has 1 atom stereocenters. The Labute approximate surface area is 149 Å². The highest BCUT2D eigenvalue weighted by atomic mass is 35.5. The van der Waals surface area contributed by atoms with Crippen LogP contribution >= 0.6 is 24.0 Å². The maximum atomic E-state index is 12.8. The standard InChI is InChI=1S/C15H22ClN3O2S.ClH/c1-12-10-13(16)2-3-15(12)22(20,21)19-8-6-18(7-9-19)14-4-5-17-11-14;/h2-3,10,14,17H,4-9,11H2,1H3;1H. The molecule has 0 aromatic heterocycles. The second-order valence-electron chi connectivity index (χ2n) is 6.00. The van der Waals surface area contributed by atoms with Gasteiger partial charge in [0.2, 0.25) is 10.0 Å². The molecule has 2 heterocycles. The van der Waals surface area contributed by atoms with Gasteiger partial charge in [0.05, 0.1) is 4.90 Å². The third kappa shape index (κ3) is 4.00. The quantitative estimate of drug-likeness (QED) is 0.868. The number of hydrogen-bond acceptors (Lipinski definition) is 4. The molecule has 8 heteroatoms. The Morgan fingerprint density at radius 2 is 1.91 bits per heavy atom. The summed E-state index contributed by atoms with van der Waals surface area (Å²) in [5, 5.41) is 3.93. The minimum Gasteiger partial charge on any atom is -0.315 e. The van der Waals surface area contributed by atoms with Crippen molar-refractivity contribution in [3.63, 3.8) is 0 Å². The summed E-state index contributed by atoms with van der Waals surface area (Å²) in [4.78, 5) is 2.77. The van der Waals surface area contributed by atoms with Gasteiger partial charge in [-0.3, -0.25) is 4.90 Å². The summed E-state index contributed by atoms with van der Waals surface area (Å²) in [5.41, 5.74) is 0.704. The van der Waals surface area contributed by atoms with E-state index >= 15 is 0 Å². The van der Waals surface area contributed by atoms with Crippen molar-refractivity contribution in [2.45, 2.75) is 24.3 Å². The Morgan fingerprint density at radius 1 is 1.22 bits per heavy atom. The number of piperazine rings is 1.